The Hall–Kier alpha value is -2.66. The Labute approximate surface area is 130 Å². The largest absolute Gasteiger partial charge is 0.320 e. The number of anilines is 1. The van der Waals surface area contributed by atoms with Gasteiger partial charge in [-0.05, 0) is 36.8 Å². The van der Waals surface area contributed by atoms with Crippen LogP contribution in [0.2, 0.25) is 5.02 Å². The second-order valence-electron chi connectivity index (χ2n) is 4.86. The molecule has 1 heterocycles. The molecule has 6 heteroatoms. The average Bonchev–Trinajstić information content (AvgIpc) is 2.50. The number of nitrogens with one attached hydrogen (secondary N) is 2. The molecule has 3 rings (SSSR count). The number of hydrogen-bond acceptors (Lipinski definition) is 3. The standard InChI is InChI=1S/C16H12ClN3O2/c1-9-4-2-3-5-12(9)18-16(22)14-15(21)11-8-10(17)6-7-13(11)19-20-14/h2-8H,1H3,(H,18,22)(H,19,21). The van der Waals surface area contributed by atoms with E-state index < -0.39 is 11.3 Å². The number of halogens is 1. The van der Waals surface area contributed by atoms with Gasteiger partial charge in [0.05, 0.1) is 10.9 Å². The predicted molar refractivity (Wildman–Crippen MR) is 86.5 cm³/mol. The normalized spacial score (nSPS) is 10.6. The fourth-order valence-corrected chi connectivity index (χ4v) is 2.32. The van der Waals surface area contributed by atoms with Gasteiger partial charge in [0.25, 0.3) is 5.91 Å². The Bertz CT molecular complexity index is 934. The van der Waals surface area contributed by atoms with Crippen LogP contribution in [0.15, 0.2) is 47.3 Å². The molecule has 0 aliphatic rings. The van der Waals surface area contributed by atoms with E-state index in [9.17, 15) is 9.59 Å². The molecule has 110 valence electrons. The summed E-state index contributed by atoms with van der Waals surface area (Å²) in [7, 11) is 0. The molecule has 3 aromatic rings. The summed E-state index contributed by atoms with van der Waals surface area (Å²) in [5.41, 5.74) is 1.41. The molecule has 0 aliphatic heterocycles. The molecule has 0 bridgehead atoms. The van der Waals surface area contributed by atoms with E-state index in [1.165, 1.54) is 6.07 Å². The first kappa shape index (κ1) is 14.3. The summed E-state index contributed by atoms with van der Waals surface area (Å²) >= 11 is 5.90. The number of nitrogens with zero attached hydrogens (tertiary/aromatic N) is 1. The van der Waals surface area contributed by atoms with Crippen molar-refractivity contribution in [3.05, 3.63) is 69.0 Å². The number of fused-ring (bicyclic) bond motifs is 1. The van der Waals surface area contributed by atoms with Crippen molar-refractivity contribution in [2.45, 2.75) is 6.92 Å². The quantitative estimate of drug-likeness (QED) is 0.763. The Balaban J connectivity index is 2.03. The van der Waals surface area contributed by atoms with Crippen molar-refractivity contribution in [3.63, 3.8) is 0 Å². The van der Waals surface area contributed by atoms with Crippen molar-refractivity contribution in [2.75, 3.05) is 5.32 Å². The van der Waals surface area contributed by atoms with Gasteiger partial charge in [-0.1, -0.05) is 29.8 Å². The van der Waals surface area contributed by atoms with E-state index in [4.69, 9.17) is 11.6 Å². The second kappa shape index (κ2) is 5.61. The maximum absolute atomic E-state index is 12.4. The van der Waals surface area contributed by atoms with Crippen LogP contribution in [0, 0.1) is 6.92 Å². The third-order valence-corrected chi connectivity index (χ3v) is 3.57. The van der Waals surface area contributed by atoms with Crippen LogP contribution in [0.25, 0.3) is 10.9 Å². The van der Waals surface area contributed by atoms with E-state index in [-0.39, 0.29) is 5.69 Å². The third-order valence-electron chi connectivity index (χ3n) is 3.34. The number of para-hydroxylation sites is 1. The third kappa shape index (κ3) is 2.58. The summed E-state index contributed by atoms with van der Waals surface area (Å²) in [5.74, 6) is -0.558. The van der Waals surface area contributed by atoms with Gasteiger partial charge in [0, 0.05) is 10.7 Å². The highest BCUT2D eigenvalue weighted by Gasteiger charge is 2.16. The lowest BCUT2D eigenvalue weighted by Crippen LogP contribution is -2.24. The summed E-state index contributed by atoms with van der Waals surface area (Å²) in [6, 6.07) is 12.1. The summed E-state index contributed by atoms with van der Waals surface area (Å²) in [4.78, 5) is 24.7. The maximum atomic E-state index is 12.4. The lowest BCUT2D eigenvalue weighted by molar-refractivity contribution is 0.102. The number of carbonyl (C=O) groups is 1. The minimum Gasteiger partial charge on any atom is -0.320 e. The molecular formula is C16H12ClN3O2. The molecule has 5 nitrogen and oxygen atoms in total. The van der Waals surface area contributed by atoms with Gasteiger partial charge in [0.1, 0.15) is 0 Å². The number of H-pyrrole nitrogens is 1. The van der Waals surface area contributed by atoms with Crippen LogP contribution in [-0.2, 0) is 0 Å². The van der Waals surface area contributed by atoms with E-state index in [1.807, 2.05) is 19.1 Å². The maximum Gasteiger partial charge on any atom is 0.280 e. The molecule has 1 aromatic heterocycles. The summed E-state index contributed by atoms with van der Waals surface area (Å²) in [6.45, 7) is 1.87. The first-order chi connectivity index (χ1) is 10.6. The summed E-state index contributed by atoms with van der Waals surface area (Å²) in [6.07, 6.45) is 0. The molecule has 0 radical (unpaired) electrons. The van der Waals surface area contributed by atoms with E-state index in [0.717, 1.165) is 5.56 Å². The zero-order valence-corrected chi connectivity index (χ0v) is 12.4. The van der Waals surface area contributed by atoms with Gasteiger partial charge in [-0.3, -0.25) is 14.7 Å². The number of carbonyl (C=O) groups excluding carboxylic acids is 1. The minimum atomic E-state index is -0.558. The molecule has 1 amide bonds. The Morgan fingerprint density at radius 3 is 2.77 bits per heavy atom. The van der Waals surface area contributed by atoms with E-state index in [1.54, 1.807) is 24.3 Å². The van der Waals surface area contributed by atoms with Crippen molar-refractivity contribution in [3.8, 4) is 0 Å². The monoisotopic (exact) mass is 313 g/mol. The lowest BCUT2D eigenvalue weighted by Gasteiger charge is -2.07. The fourth-order valence-electron chi connectivity index (χ4n) is 2.14. The Kier molecular flexibility index (Phi) is 3.65. The molecule has 22 heavy (non-hydrogen) atoms. The minimum absolute atomic E-state index is 0.196. The van der Waals surface area contributed by atoms with Crippen LogP contribution in [0.1, 0.15) is 16.1 Å². The molecule has 0 atom stereocenters. The first-order valence-corrected chi connectivity index (χ1v) is 6.99. The van der Waals surface area contributed by atoms with Crippen molar-refractivity contribution >= 4 is 34.1 Å². The van der Waals surface area contributed by atoms with Gasteiger partial charge in [-0.2, -0.15) is 5.10 Å². The number of aryl methyl sites for hydroxylation is 1. The lowest BCUT2D eigenvalue weighted by atomic mass is 10.2. The molecule has 0 saturated carbocycles. The fraction of sp³-hybridized carbons (Fsp3) is 0.0625. The zero-order valence-electron chi connectivity index (χ0n) is 11.7. The molecule has 0 saturated heterocycles. The highest BCUT2D eigenvalue weighted by atomic mass is 35.5. The van der Waals surface area contributed by atoms with Gasteiger partial charge < -0.3 is 5.32 Å². The highest BCUT2D eigenvalue weighted by Crippen LogP contribution is 2.16. The van der Waals surface area contributed by atoms with Gasteiger partial charge in [0.2, 0.25) is 5.43 Å². The van der Waals surface area contributed by atoms with Crippen LogP contribution >= 0.6 is 11.6 Å². The second-order valence-corrected chi connectivity index (χ2v) is 5.30. The molecule has 0 unspecified atom stereocenters. The number of rotatable bonds is 2. The zero-order chi connectivity index (χ0) is 15.7. The van der Waals surface area contributed by atoms with Crippen LogP contribution in [0.5, 0.6) is 0 Å². The molecular weight excluding hydrogens is 302 g/mol. The SMILES string of the molecule is Cc1ccccc1NC(=O)c1n[nH]c2ccc(Cl)cc2c1=O. The van der Waals surface area contributed by atoms with Gasteiger partial charge in [-0.15, -0.1) is 0 Å². The number of benzene rings is 2. The van der Waals surface area contributed by atoms with Crippen molar-refractivity contribution in [2.24, 2.45) is 0 Å². The predicted octanol–water partition coefficient (Wildman–Crippen LogP) is 3.14. The molecule has 0 spiro atoms. The molecule has 2 N–H and O–H groups in total. The topological polar surface area (TPSA) is 74.8 Å². The average molecular weight is 314 g/mol. The van der Waals surface area contributed by atoms with Crippen LogP contribution < -0.4 is 10.7 Å². The summed E-state index contributed by atoms with van der Waals surface area (Å²) < 4.78 is 0. The smallest absolute Gasteiger partial charge is 0.280 e. The van der Waals surface area contributed by atoms with Gasteiger partial charge >= 0.3 is 0 Å². The molecule has 0 fully saturated rings. The molecule has 2 aromatic carbocycles. The van der Waals surface area contributed by atoms with Crippen LogP contribution in [0.3, 0.4) is 0 Å². The highest BCUT2D eigenvalue weighted by molar-refractivity contribution is 6.31. The molecule has 0 aliphatic carbocycles. The first-order valence-electron chi connectivity index (χ1n) is 6.61. The van der Waals surface area contributed by atoms with E-state index in [0.29, 0.717) is 21.6 Å². The Morgan fingerprint density at radius 2 is 2.00 bits per heavy atom. The van der Waals surface area contributed by atoms with Crippen molar-refractivity contribution in [1.82, 2.24) is 10.2 Å². The van der Waals surface area contributed by atoms with E-state index >= 15 is 0 Å². The van der Waals surface area contributed by atoms with Crippen molar-refractivity contribution in [1.29, 1.82) is 0 Å². The number of aromatic nitrogens is 2. The van der Waals surface area contributed by atoms with Crippen LogP contribution in [-0.4, -0.2) is 16.1 Å². The summed E-state index contributed by atoms with van der Waals surface area (Å²) in [5, 5.41) is 10.0. The van der Waals surface area contributed by atoms with Crippen molar-refractivity contribution < 1.29 is 4.79 Å². The number of hydrogen-bond donors (Lipinski definition) is 2. The van der Waals surface area contributed by atoms with Gasteiger partial charge in [0.15, 0.2) is 5.69 Å². The number of aromatic amines is 1. The van der Waals surface area contributed by atoms with Crippen LogP contribution in [0.4, 0.5) is 5.69 Å². The van der Waals surface area contributed by atoms with Gasteiger partial charge in [-0.25, -0.2) is 0 Å². The number of amides is 1. The Morgan fingerprint density at radius 1 is 1.23 bits per heavy atom. The van der Waals surface area contributed by atoms with E-state index in [2.05, 4.69) is 15.5 Å².